The van der Waals surface area contributed by atoms with E-state index in [0.29, 0.717) is 5.56 Å². The summed E-state index contributed by atoms with van der Waals surface area (Å²) in [6, 6.07) is 2.14. The van der Waals surface area contributed by atoms with Gasteiger partial charge in [-0.3, -0.25) is 9.79 Å². The van der Waals surface area contributed by atoms with E-state index in [1.165, 1.54) is 46.0 Å². The quantitative estimate of drug-likeness (QED) is 0.229. The first kappa shape index (κ1) is 20.1. The van der Waals surface area contributed by atoms with Gasteiger partial charge in [0.25, 0.3) is 0 Å². The molecule has 24 heavy (non-hydrogen) atoms. The number of aliphatic imine (C=N–C) groups is 1. The molecule has 0 spiro atoms. The number of hydrogen-bond donors (Lipinski definition) is 5. The van der Waals surface area contributed by atoms with Crippen LogP contribution in [0.1, 0.15) is 5.56 Å². The zero-order chi connectivity index (χ0) is 18.1. The van der Waals surface area contributed by atoms with Gasteiger partial charge in [-0.1, -0.05) is 27.7 Å². The first-order valence-electron chi connectivity index (χ1n) is 6.79. The molecule has 0 aliphatic carbocycles. The number of hydrogen-bond acceptors (Lipinski definition) is 8. The lowest BCUT2D eigenvalue weighted by atomic mass is 10.1. The molecular formula is C14H18N2O6S2. The highest BCUT2D eigenvalue weighted by molar-refractivity contribution is 8.76. The van der Waals surface area contributed by atoms with Crippen LogP contribution in [0.2, 0.25) is 0 Å². The highest BCUT2D eigenvalue weighted by Crippen LogP contribution is 2.24. The number of nitrogens with two attached hydrogens (primary N) is 1. The topological polar surface area (TPSA) is 153 Å². The molecule has 0 saturated carbocycles. The molecular weight excluding hydrogens is 356 g/mol. The number of carboxylic acid groups (broad SMARTS) is 2. The van der Waals surface area contributed by atoms with Crippen LogP contribution in [-0.2, 0) is 16.0 Å². The molecule has 1 aromatic carbocycles. The van der Waals surface area contributed by atoms with E-state index in [4.69, 9.17) is 15.9 Å². The zero-order valence-electron chi connectivity index (χ0n) is 12.5. The average Bonchev–Trinajstić information content (AvgIpc) is 2.50. The molecule has 0 aliphatic heterocycles. The third-order valence-corrected chi connectivity index (χ3v) is 5.25. The molecule has 0 radical (unpaired) electrons. The number of phenols is 2. The van der Waals surface area contributed by atoms with Gasteiger partial charge in [0.05, 0.1) is 0 Å². The Morgan fingerprint density at radius 3 is 2.42 bits per heavy atom. The van der Waals surface area contributed by atoms with Crippen molar-refractivity contribution < 1.29 is 30.0 Å². The second-order valence-corrected chi connectivity index (χ2v) is 7.27. The summed E-state index contributed by atoms with van der Waals surface area (Å²) in [5, 5.41) is 36.6. The van der Waals surface area contributed by atoms with Crippen molar-refractivity contribution in [3.8, 4) is 11.5 Å². The van der Waals surface area contributed by atoms with E-state index in [-0.39, 0.29) is 29.4 Å². The zero-order valence-corrected chi connectivity index (χ0v) is 14.2. The lowest BCUT2D eigenvalue weighted by molar-refractivity contribution is -0.138. The maximum absolute atomic E-state index is 11.2. The predicted molar refractivity (Wildman–Crippen MR) is 93.9 cm³/mol. The summed E-state index contributed by atoms with van der Waals surface area (Å²) in [7, 11) is 2.36. The van der Waals surface area contributed by atoms with Crippen molar-refractivity contribution in [3.05, 3.63) is 23.8 Å². The molecule has 1 unspecified atom stereocenters. The predicted octanol–water partition coefficient (Wildman–Crippen LogP) is 0.958. The van der Waals surface area contributed by atoms with E-state index in [1.54, 1.807) is 0 Å². The molecule has 0 amide bonds. The largest absolute Gasteiger partial charge is 0.508 e. The van der Waals surface area contributed by atoms with Crippen LogP contribution in [0, 0.1) is 0 Å². The molecule has 1 aromatic rings. The van der Waals surface area contributed by atoms with Gasteiger partial charge < -0.3 is 26.2 Å². The molecule has 0 saturated heterocycles. The molecule has 2 atom stereocenters. The minimum Gasteiger partial charge on any atom is -0.508 e. The maximum Gasteiger partial charge on any atom is 0.329 e. The molecule has 132 valence electrons. The monoisotopic (exact) mass is 374 g/mol. The van der Waals surface area contributed by atoms with Gasteiger partial charge in [-0.2, -0.15) is 0 Å². The third-order valence-electron chi connectivity index (χ3n) is 2.82. The second kappa shape index (κ2) is 10.1. The molecule has 0 aliphatic rings. The summed E-state index contributed by atoms with van der Waals surface area (Å²) in [6.45, 7) is 0. The maximum atomic E-state index is 11.2. The molecule has 6 N–H and O–H groups in total. The van der Waals surface area contributed by atoms with Crippen molar-refractivity contribution in [3.63, 3.8) is 0 Å². The summed E-state index contributed by atoms with van der Waals surface area (Å²) in [5.41, 5.74) is 5.85. The molecule has 8 nitrogen and oxygen atoms in total. The fourth-order valence-electron chi connectivity index (χ4n) is 1.49. The van der Waals surface area contributed by atoms with Crippen LogP contribution in [-0.4, -0.2) is 62.2 Å². The van der Waals surface area contributed by atoms with Crippen molar-refractivity contribution in [2.75, 3.05) is 11.5 Å². The van der Waals surface area contributed by atoms with Gasteiger partial charge in [-0.15, -0.1) is 0 Å². The van der Waals surface area contributed by atoms with Crippen molar-refractivity contribution in [2.45, 2.75) is 18.5 Å². The fourth-order valence-corrected chi connectivity index (χ4v) is 3.73. The van der Waals surface area contributed by atoms with Gasteiger partial charge in [-0.25, -0.2) is 4.79 Å². The molecule has 0 aromatic heterocycles. The van der Waals surface area contributed by atoms with Crippen molar-refractivity contribution in [1.82, 2.24) is 0 Å². The van der Waals surface area contributed by atoms with Crippen LogP contribution < -0.4 is 5.73 Å². The SMILES string of the molecule is NC(CSSC[C@H](N=CCc1ccc(O)cc1O)C(=O)O)C(=O)O. The fraction of sp³-hybridized carbons (Fsp3) is 0.357. The second-order valence-electron chi connectivity index (χ2n) is 4.72. The Balaban J connectivity index is 2.47. The Bertz CT molecular complexity index is 611. The van der Waals surface area contributed by atoms with Gasteiger partial charge in [0, 0.05) is 30.2 Å². The van der Waals surface area contributed by atoms with E-state index in [1.807, 2.05) is 0 Å². The Kier molecular flexibility index (Phi) is 8.44. The summed E-state index contributed by atoms with van der Waals surface area (Å²) in [6.07, 6.45) is 1.61. The van der Waals surface area contributed by atoms with Gasteiger partial charge >= 0.3 is 11.9 Å². The Hall–Kier alpha value is -1.91. The number of nitrogens with zero attached hydrogens (tertiary/aromatic N) is 1. The third kappa shape index (κ3) is 7.11. The van der Waals surface area contributed by atoms with Crippen molar-refractivity contribution in [1.29, 1.82) is 0 Å². The minimum absolute atomic E-state index is 0.0652. The van der Waals surface area contributed by atoms with Crippen molar-refractivity contribution in [2.24, 2.45) is 10.7 Å². The van der Waals surface area contributed by atoms with E-state index >= 15 is 0 Å². The summed E-state index contributed by atoms with van der Waals surface area (Å²) < 4.78 is 0. The average molecular weight is 374 g/mol. The van der Waals surface area contributed by atoms with Gasteiger partial charge in [0.15, 0.2) is 6.04 Å². The standard InChI is InChI=1S/C14H18N2O6S2/c15-10(13(19)20)6-23-24-7-11(14(21)22)16-4-3-8-1-2-9(17)5-12(8)18/h1-2,4-5,10-11,17-18H,3,6-7,15H2,(H,19,20)(H,21,22)/t10?,11-/m0/s1. The molecule has 10 heteroatoms. The van der Waals surface area contributed by atoms with Gasteiger partial charge in [0.2, 0.25) is 0 Å². The normalized spacial score (nSPS) is 13.7. The lowest BCUT2D eigenvalue weighted by Crippen LogP contribution is -2.32. The summed E-state index contributed by atoms with van der Waals surface area (Å²) in [5.74, 6) is -2.05. The molecule has 0 heterocycles. The molecule has 0 bridgehead atoms. The minimum atomic E-state index is -1.11. The van der Waals surface area contributed by atoms with Crippen LogP contribution in [0.4, 0.5) is 0 Å². The van der Waals surface area contributed by atoms with Crippen LogP contribution in [0.3, 0.4) is 0 Å². The summed E-state index contributed by atoms with van der Waals surface area (Å²) >= 11 is 0. The van der Waals surface area contributed by atoms with E-state index < -0.39 is 24.0 Å². The van der Waals surface area contributed by atoms with Gasteiger partial charge in [0.1, 0.15) is 17.5 Å². The smallest absolute Gasteiger partial charge is 0.329 e. The Labute approximate surface area is 146 Å². The lowest BCUT2D eigenvalue weighted by Gasteiger charge is -2.08. The number of aromatic hydroxyl groups is 2. The molecule has 0 fully saturated rings. The van der Waals surface area contributed by atoms with Crippen LogP contribution in [0.5, 0.6) is 11.5 Å². The number of carbonyl (C=O) groups is 2. The van der Waals surface area contributed by atoms with Crippen LogP contribution >= 0.6 is 21.6 Å². The number of benzene rings is 1. The first-order chi connectivity index (χ1) is 11.3. The van der Waals surface area contributed by atoms with Crippen molar-refractivity contribution >= 4 is 39.7 Å². The summed E-state index contributed by atoms with van der Waals surface area (Å²) in [4.78, 5) is 25.7. The first-order valence-corrected chi connectivity index (χ1v) is 9.28. The van der Waals surface area contributed by atoms with E-state index in [0.717, 1.165) is 0 Å². The van der Waals surface area contributed by atoms with Crippen LogP contribution in [0.25, 0.3) is 0 Å². The molecule has 1 rings (SSSR count). The van der Waals surface area contributed by atoms with Crippen LogP contribution in [0.15, 0.2) is 23.2 Å². The Morgan fingerprint density at radius 2 is 1.83 bits per heavy atom. The number of phenolic OH excluding ortho intramolecular Hbond substituents is 2. The van der Waals surface area contributed by atoms with E-state index in [9.17, 15) is 19.8 Å². The Morgan fingerprint density at radius 1 is 1.17 bits per heavy atom. The number of rotatable bonds is 10. The van der Waals surface area contributed by atoms with E-state index in [2.05, 4.69) is 4.99 Å². The number of aliphatic carboxylic acids is 2. The highest BCUT2D eigenvalue weighted by Gasteiger charge is 2.17. The number of carboxylic acids is 2. The van der Waals surface area contributed by atoms with Gasteiger partial charge in [-0.05, 0) is 11.6 Å². The highest BCUT2D eigenvalue weighted by atomic mass is 33.1.